The molecule has 24 heavy (non-hydrogen) atoms. The molecule has 0 bridgehead atoms. The third kappa shape index (κ3) is 4.18. The largest absolute Gasteiger partial charge is 0.331 e. The number of hydrogen-bond acceptors (Lipinski definition) is 3. The Morgan fingerprint density at radius 2 is 1.92 bits per heavy atom. The molecule has 1 fully saturated rings. The van der Waals surface area contributed by atoms with Gasteiger partial charge in [-0.2, -0.15) is 0 Å². The Bertz CT molecular complexity index is 628. The second-order valence-electron chi connectivity index (χ2n) is 6.35. The van der Waals surface area contributed by atoms with Crippen molar-refractivity contribution >= 4 is 29.7 Å². The van der Waals surface area contributed by atoms with Crippen molar-refractivity contribution in [3.05, 3.63) is 58.3 Å². The number of thiophene rings is 1. The van der Waals surface area contributed by atoms with E-state index in [1.807, 2.05) is 23.1 Å². The maximum absolute atomic E-state index is 13.1. The van der Waals surface area contributed by atoms with Gasteiger partial charge < -0.3 is 10.2 Å². The minimum absolute atomic E-state index is 0. The lowest BCUT2D eigenvalue weighted by molar-refractivity contribution is -0.140. The highest BCUT2D eigenvalue weighted by Gasteiger charge is 2.33. The minimum Gasteiger partial charge on any atom is -0.331 e. The fourth-order valence-corrected chi connectivity index (χ4v) is 3.79. The first-order valence-corrected chi connectivity index (χ1v) is 9.13. The van der Waals surface area contributed by atoms with E-state index in [2.05, 4.69) is 48.8 Å². The number of halogens is 1. The van der Waals surface area contributed by atoms with E-state index in [1.165, 1.54) is 10.4 Å². The summed E-state index contributed by atoms with van der Waals surface area (Å²) in [7, 11) is 0. The molecular formula is C19H25ClN2OS. The molecule has 1 aliphatic rings. The summed E-state index contributed by atoms with van der Waals surface area (Å²) in [6, 6.07) is 14.6. The highest BCUT2D eigenvalue weighted by molar-refractivity contribution is 7.10. The average molecular weight is 365 g/mol. The summed E-state index contributed by atoms with van der Waals surface area (Å²) in [6.45, 7) is 6.80. The Kier molecular flexibility index (Phi) is 6.84. The lowest BCUT2D eigenvalue weighted by Crippen LogP contribution is -2.50. The first kappa shape index (κ1) is 19.0. The third-order valence-electron chi connectivity index (χ3n) is 4.81. The van der Waals surface area contributed by atoms with Gasteiger partial charge in [-0.1, -0.05) is 43.3 Å². The Hall–Kier alpha value is -1.36. The molecule has 3 rings (SSSR count). The van der Waals surface area contributed by atoms with E-state index in [9.17, 15) is 4.79 Å². The average Bonchev–Trinajstić information content (AvgIpc) is 3.05. The lowest BCUT2D eigenvalue weighted by Gasteiger charge is -2.37. The molecule has 3 nitrogen and oxygen atoms in total. The molecule has 1 aromatic heterocycles. The Morgan fingerprint density at radius 1 is 1.21 bits per heavy atom. The lowest BCUT2D eigenvalue weighted by atomic mass is 9.87. The molecule has 0 saturated carbocycles. The number of benzene rings is 1. The van der Waals surface area contributed by atoms with Crippen molar-refractivity contribution < 1.29 is 4.79 Å². The van der Waals surface area contributed by atoms with Gasteiger partial charge in [0.25, 0.3) is 0 Å². The van der Waals surface area contributed by atoms with Gasteiger partial charge in [-0.3, -0.25) is 4.79 Å². The predicted octanol–water partition coefficient (Wildman–Crippen LogP) is 4.12. The summed E-state index contributed by atoms with van der Waals surface area (Å²) in [5, 5.41) is 5.35. The zero-order valence-corrected chi connectivity index (χ0v) is 15.8. The standard InChI is InChI=1S/C19H24N2OS.ClH/c1-14(17-11-20-12-17)19(22)21(13-16-7-4-3-5-8-16)15(2)18-9-6-10-23-18;/h3-10,14-15,17,20H,11-13H2,1-2H3;1H. The monoisotopic (exact) mass is 364 g/mol. The van der Waals surface area contributed by atoms with Crippen molar-refractivity contribution in [1.29, 1.82) is 0 Å². The highest BCUT2D eigenvalue weighted by Crippen LogP contribution is 2.29. The fraction of sp³-hybridized carbons (Fsp3) is 0.421. The SMILES string of the molecule is CC(C(=O)N(Cc1ccccc1)C(C)c1cccs1)C1CNC1.Cl. The number of carbonyl (C=O) groups excluding carboxylic acids is 1. The number of nitrogens with zero attached hydrogens (tertiary/aromatic N) is 1. The minimum atomic E-state index is 0. The van der Waals surface area contributed by atoms with Gasteiger partial charge in [-0.15, -0.1) is 23.7 Å². The van der Waals surface area contributed by atoms with Gasteiger partial charge in [0.15, 0.2) is 0 Å². The van der Waals surface area contributed by atoms with Crippen molar-refractivity contribution in [3.63, 3.8) is 0 Å². The van der Waals surface area contributed by atoms with Crippen molar-refractivity contribution in [2.24, 2.45) is 11.8 Å². The fourth-order valence-electron chi connectivity index (χ4n) is 3.00. The van der Waals surface area contributed by atoms with Gasteiger partial charge in [0.05, 0.1) is 6.04 Å². The molecule has 2 unspecified atom stereocenters. The van der Waals surface area contributed by atoms with E-state index in [1.54, 1.807) is 11.3 Å². The summed E-state index contributed by atoms with van der Waals surface area (Å²) in [5.41, 5.74) is 1.18. The maximum Gasteiger partial charge on any atom is 0.226 e. The molecule has 0 aliphatic carbocycles. The Morgan fingerprint density at radius 3 is 2.46 bits per heavy atom. The van der Waals surface area contributed by atoms with Crippen molar-refractivity contribution in [3.8, 4) is 0 Å². The number of carbonyl (C=O) groups is 1. The first-order chi connectivity index (χ1) is 11.2. The summed E-state index contributed by atoms with van der Waals surface area (Å²) in [4.78, 5) is 16.4. The van der Waals surface area contributed by atoms with Gasteiger partial charge in [0, 0.05) is 17.3 Å². The van der Waals surface area contributed by atoms with Crippen LogP contribution in [0.3, 0.4) is 0 Å². The van der Waals surface area contributed by atoms with Crippen LogP contribution < -0.4 is 5.32 Å². The van der Waals surface area contributed by atoms with Gasteiger partial charge in [-0.05, 0) is 42.9 Å². The van der Waals surface area contributed by atoms with Gasteiger partial charge in [-0.25, -0.2) is 0 Å². The molecule has 1 N–H and O–H groups in total. The molecule has 1 aromatic carbocycles. The summed E-state index contributed by atoms with van der Waals surface area (Å²) in [6.07, 6.45) is 0. The van der Waals surface area contributed by atoms with E-state index in [0.29, 0.717) is 12.5 Å². The van der Waals surface area contributed by atoms with Crippen LogP contribution in [0.25, 0.3) is 0 Å². The van der Waals surface area contributed by atoms with Crippen molar-refractivity contribution in [1.82, 2.24) is 10.2 Å². The van der Waals surface area contributed by atoms with E-state index in [4.69, 9.17) is 0 Å². The summed E-state index contributed by atoms with van der Waals surface area (Å²) in [5.74, 6) is 0.805. The van der Waals surface area contributed by atoms with Crippen LogP contribution in [0.1, 0.15) is 30.3 Å². The van der Waals surface area contributed by atoms with Crippen LogP contribution >= 0.6 is 23.7 Å². The van der Waals surface area contributed by atoms with Crippen molar-refractivity contribution in [2.75, 3.05) is 13.1 Å². The maximum atomic E-state index is 13.1. The second-order valence-corrected chi connectivity index (χ2v) is 7.33. The predicted molar refractivity (Wildman–Crippen MR) is 102 cm³/mol. The zero-order chi connectivity index (χ0) is 16.2. The molecule has 0 spiro atoms. The smallest absolute Gasteiger partial charge is 0.226 e. The summed E-state index contributed by atoms with van der Waals surface area (Å²) >= 11 is 1.72. The normalized spacial score (nSPS) is 16.6. The van der Waals surface area contributed by atoms with Gasteiger partial charge in [0.2, 0.25) is 5.91 Å². The molecule has 5 heteroatoms. The van der Waals surface area contributed by atoms with Crippen LogP contribution in [0.5, 0.6) is 0 Å². The number of amides is 1. The third-order valence-corrected chi connectivity index (χ3v) is 5.85. The van der Waals surface area contributed by atoms with Crippen LogP contribution in [0.4, 0.5) is 0 Å². The number of rotatable bonds is 6. The molecule has 2 aromatic rings. The van der Waals surface area contributed by atoms with Gasteiger partial charge >= 0.3 is 0 Å². The highest BCUT2D eigenvalue weighted by atomic mass is 35.5. The molecule has 130 valence electrons. The number of nitrogens with one attached hydrogen (secondary N) is 1. The number of hydrogen-bond donors (Lipinski definition) is 1. The molecule has 2 atom stereocenters. The van der Waals surface area contributed by atoms with Crippen LogP contribution in [0, 0.1) is 11.8 Å². The molecule has 1 aliphatic heterocycles. The Labute approximate surface area is 154 Å². The molecular weight excluding hydrogens is 340 g/mol. The van der Waals surface area contributed by atoms with E-state index < -0.39 is 0 Å². The molecule has 1 saturated heterocycles. The molecule has 2 heterocycles. The van der Waals surface area contributed by atoms with Gasteiger partial charge in [0.1, 0.15) is 0 Å². The first-order valence-electron chi connectivity index (χ1n) is 8.25. The van der Waals surface area contributed by atoms with Crippen LogP contribution in [0.15, 0.2) is 47.8 Å². The van der Waals surface area contributed by atoms with Crippen molar-refractivity contribution in [2.45, 2.75) is 26.4 Å². The Balaban J connectivity index is 0.00000208. The van der Waals surface area contributed by atoms with Crippen LogP contribution in [-0.2, 0) is 11.3 Å². The summed E-state index contributed by atoms with van der Waals surface area (Å²) < 4.78 is 0. The van der Waals surface area contributed by atoms with E-state index >= 15 is 0 Å². The second kappa shape index (κ2) is 8.65. The van der Waals surface area contributed by atoms with E-state index in [0.717, 1.165) is 13.1 Å². The zero-order valence-electron chi connectivity index (χ0n) is 14.1. The molecule has 0 radical (unpaired) electrons. The topological polar surface area (TPSA) is 32.3 Å². The van der Waals surface area contributed by atoms with Crippen LogP contribution in [0.2, 0.25) is 0 Å². The van der Waals surface area contributed by atoms with Crippen LogP contribution in [-0.4, -0.2) is 23.9 Å². The quantitative estimate of drug-likeness (QED) is 0.836. The molecule has 1 amide bonds. The van der Waals surface area contributed by atoms with E-state index in [-0.39, 0.29) is 30.3 Å².